The number of aliphatic carboxylic acids is 1. The third kappa shape index (κ3) is 6.99. The fourth-order valence-corrected chi connectivity index (χ4v) is 2.80. The number of carbonyl (C=O) groups is 4. The zero-order chi connectivity index (χ0) is 24.6. The van der Waals surface area contributed by atoms with E-state index in [0.29, 0.717) is 5.56 Å². The Labute approximate surface area is 187 Å². The van der Waals surface area contributed by atoms with Gasteiger partial charge in [-0.2, -0.15) is 0 Å². The number of nitrogens with one attached hydrogen (secondary N) is 1. The van der Waals surface area contributed by atoms with Gasteiger partial charge in [0.05, 0.1) is 0 Å². The Morgan fingerprint density at radius 2 is 1.55 bits per heavy atom. The van der Waals surface area contributed by atoms with Gasteiger partial charge in [0.2, 0.25) is 5.54 Å². The molecule has 176 valence electrons. The van der Waals surface area contributed by atoms with Crippen LogP contribution in [0.2, 0.25) is 0 Å². The van der Waals surface area contributed by atoms with Crippen molar-refractivity contribution in [1.29, 1.82) is 0 Å². The molecule has 0 heterocycles. The van der Waals surface area contributed by atoms with E-state index in [9.17, 15) is 33.1 Å². The molecule has 0 aliphatic rings. The summed E-state index contributed by atoms with van der Waals surface area (Å²) in [5.74, 6) is -3.98. The molecule has 1 amide bonds. The maximum absolute atomic E-state index is 14.0. The van der Waals surface area contributed by atoms with Crippen LogP contribution >= 0.6 is 0 Å². The van der Waals surface area contributed by atoms with Crippen LogP contribution in [0.15, 0.2) is 48.5 Å². The lowest BCUT2D eigenvalue weighted by molar-refractivity contribution is -0.152. The van der Waals surface area contributed by atoms with Gasteiger partial charge in [0, 0.05) is 20.3 Å². The second kappa shape index (κ2) is 11.0. The molecule has 0 spiro atoms. The van der Waals surface area contributed by atoms with Crippen molar-refractivity contribution in [2.75, 3.05) is 0 Å². The summed E-state index contributed by atoms with van der Waals surface area (Å²) in [5, 5.41) is 11.3. The van der Waals surface area contributed by atoms with Crippen molar-refractivity contribution in [1.82, 2.24) is 5.32 Å². The highest BCUT2D eigenvalue weighted by Gasteiger charge is 2.50. The van der Waals surface area contributed by atoms with E-state index in [1.54, 1.807) is 35.6 Å². The molecule has 0 fully saturated rings. The summed E-state index contributed by atoms with van der Waals surface area (Å²) in [6.45, 7) is 1.90. The number of hydrogen-bond donors (Lipinski definition) is 2. The molecule has 0 aliphatic carbocycles. The van der Waals surface area contributed by atoms with Crippen LogP contribution in [0, 0.1) is 0 Å². The number of carboxylic acids is 1. The average molecular weight is 465 g/mol. The number of carboxylic acid groups (broad SMARTS) is 1. The third-order valence-electron chi connectivity index (χ3n) is 4.29. The normalized spacial score (nSPS) is 12.4. The molecular formula is C22H21F2NO8. The quantitative estimate of drug-likeness (QED) is 0.427. The Hall–Kier alpha value is -4.02. The Morgan fingerprint density at radius 1 is 0.939 bits per heavy atom. The van der Waals surface area contributed by atoms with Crippen LogP contribution < -0.4 is 14.8 Å². The summed E-state index contributed by atoms with van der Waals surface area (Å²) in [4.78, 5) is 46.6. The molecule has 0 saturated heterocycles. The van der Waals surface area contributed by atoms with Gasteiger partial charge in [-0.05, 0) is 23.3 Å². The van der Waals surface area contributed by atoms with E-state index in [1.807, 2.05) is 0 Å². The van der Waals surface area contributed by atoms with Crippen molar-refractivity contribution in [3.63, 3.8) is 0 Å². The molecule has 0 saturated carbocycles. The van der Waals surface area contributed by atoms with Gasteiger partial charge in [-0.3, -0.25) is 14.9 Å². The molecule has 2 aromatic rings. The van der Waals surface area contributed by atoms with E-state index in [2.05, 4.69) is 0 Å². The van der Waals surface area contributed by atoms with Crippen LogP contribution in [0.5, 0.6) is 11.5 Å². The van der Waals surface area contributed by atoms with E-state index in [1.165, 1.54) is 6.07 Å². The monoisotopic (exact) mass is 465 g/mol. The number of alkyl carbamates (subject to hydrolysis) is 1. The maximum atomic E-state index is 14.0. The lowest BCUT2D eigenvalue weighted by Gasteiger charge is -2.29. The molecule has 1 unspecified atom stereocenters. The van der Waals surface area contributed by atoms with E-state index in [4.69, 9.17) is 14.2 Å². The van der Waals surface area contributed by atoms with Gasteiger partial charge in [0.1, 0.15) is 6.61 Å². The average Bonchev–Trinajstić information content (AvgIpc) is 2.73. The Bertz CT molecular complexity index is 1030. The van der Waals surface area contributed by atoms with Crippen molar-refractivity contribution in [2.45, 2.75) is 38.8 Å². The first-order chi connectivity index (χ1) is 15.5. The number of hydrogen-bond acceptors (Lipinski definition) is 7. The molecule has 0 radical (unpaired) electrons. The fraction of sp³-hybridized carbons (Fsp3) is 0.273. The molecule has 0 aromatic heterocycles. The number of amides is 1. The van der Waals surface area contributed by atoms with Crippen LogP contribution in [0.1, 0.15) is 25.0 Å². The lowest BCUT2D eigenvalue weighted by atomic mass is 9.91. The summed E-state index contributed by atoms with van der Waals surface area (Å²) < 4.78 is 42.7. The van der Waals surface area contributed by atoms with Gasteiger partial charge >= 0.3 is 24.0 Å². The molecule has 0 aliphatic heterocycles. The number of rotatable bonds is 9. The minimum Gasteiger partial charge on any atom is -0.479 e. The van der Waals surface area contributed by atoms with E-state index in [-0.39, 0.29) is 23.7 Å². The molecule has 2 rings (SSSR count). The first-order valence-electron chi connectivity index (χ1n) is 9.53. The molecule has 2 aromatic carbocycles. The molecule has 9 nitrogen and oxygen atoms in total. The van der Waals surface area contributed by atoms with Crippen molar-refractivity contribution >= 4 is 24.0 Å². The summed E-state index contributed by atoms with van der Waals surface area (Å²) in [7, 11) is 0. The highest BCUT2D eigenvalue weighted by atomic mass is 19.3. The first-order valence-corrected chi connectivity index (χ1v) is 9.53. The van der Waals surface area contributed by atoms with Crippen LogP contribution in [0.3, 0.4) is 0 Å². The summed E-state index contributed by atoms with van der Waals surface area (Å²) in [6, 6.07) is 11.8. The third-order valence-corrected chi connectivity index (χ3v) is 4.29. The van der Waals surface area contributed by atoms with Crippen LogP contribution in [0.25, 0.3) is 0 Å². The van der Waals surface area contributed by atoms with Gasteiger partial charge in [-0.15, -0.1) is 0 Å². The minimum absolute atomic E-state index is 0.0480. The minimum atomic E-state index is -3.54. The Kier molecular flexibility index (Phi) is 8.43. The molecule has 11 heteroatoms. The van der Waals surface area contributed by atoms with Crippen molar-refractivity contribution in [2.24, 2.45) is 0 Å². The number of benzene rings is 2. The SMILES string of the molecule is CC(=O)Oc1ccc(CC(NC(=O)OCc2ccccc2)(C(=O)O)C(F)F)cc1OC(C)=O. The van der Waals surface area contributed by atoms with Crippen molar-refractivity contribution < 1.29 is 47.3 Å². The fourth-order valence-electron chi connectivity index (χ4n) is 2.80. The Morgan fingerprint density at radius 3 is 2.09 bits per heavy atom. The number of esters is 2. The highest BCUT2D eigenvalue weighted by molar-refractivity contribution is 5.85. The van der Waals surface area contributed by atoms with Gasteiger partial charge < -0.3 is 19.3 Å². The second-order valence-corrected chi connectivity index (χ2v) is 6.91. The van der Waals surface area contributed by atoms with Crippen LogP contribution in [-0.2, 0) is 32.1 Å². The van der Waals surface area contributed by atoms with Gasteiger partial charge in [0.25, 0.3) is 6.43 Å². The summed E-state index contributed by atoms with van der Waals surface area (Å²) in [6.07, 6.45) is -5.79. The second-order valence-electron chi connectivity index (χ2n) is 6.91. The van der Waals surface area contributed by atoms with Crippen molar-refractivity contribution in [3.05, 3.63) is 59.7 Å². The zero-order valence-electron chi connectivity index (χ0n) is 17.7. The standard InChI is InChI=1S/C22H21F2NO8/c1-13(26)32-17-9-8-16(10-18(17)33-14(2)27)11-22(19(23)24,20(28)29)25-21(30)31-12-15-6-4-3-5-7-15/h3-10,19H,11-12H2,1-2H3,(H,25,30)(H,28,29). The van der Waals surface area contributed by atoms with E-state index in [0.717, 1.165) is 26.0 Å². The maximum Gasteiger partial charge on any atom is 0.408 e. The molecule has 33 heavy (non-hydrogen) atoms. The highest BCUT2D eigenvalue weighted by Crippen LogP contribution is 2.32. The zero-order valence-corrected chi connectivity index (χ0v) is 17.7. The molecular weight excluding hydrogens is 444 g/mol. The van der Waals surface area contributed by atoms with Crippen molar-refractivity contribution in [3.8, 4) is 11.5 Å². The number of halogens is 2. The molecule has 1 atom stereocenters. The van der Waals surface area contributed by atoms with Crippen LogP contribution in [-0.4, -0.2) is 41.1 Å². The predicted octanol–water partition coefficient (Wildman–Crippen LogP) is 3.09. The summed E-state index contributed by atoms with van der Waals surface area (Å²) in [5.41, 5.74) is -2.53. The van der Waals surface area contributed by atoms with Gasteiger partial charge in [-0.1, -0.05) is 36.4 Å². The largest absolute Gasteiger partial charge is 0.479 e. The predicted molar refractivity (Wildman–Crippen MR) is 109 cm³/mol. The number of ether oxygens (including phenoxy) is 3. The lowest BCUT2D eigenvalue weighted by Crippen LogP contribution is -2.61. The smallest absolute Gasteiger partial charge is 0.408 e. The van der Waals surface area contributed by atoms with Gasteiger partial charge in [0.15, 0.2) is 11.5 Å². The van der Waals surface area contributed by atoms with E-state index < -0.39 is 42.4 Å². The first kappa shape index (κ1) is 25.2. The van der Waals surface area contributed by atoms with Gasteiger partial charge in [-0.25, -0.2) is 18.4 Å². The van der Waals surface area contributed by atoms with E-state index >= 15 is 0 Å². The number of carbonyl (C=O) groups excluding carboxylic acids is 3. The Balaban J connectivity index is 2.30. The number of alkyl halides is 2. The topological polar surface area (TPSA) is 128 Å². The molecule has 0 bridgehead atoms. The summed E-state index contributed by atoms with van der Waals surface area (Å²) >= 11 is 0. The van der Waals surface area contributed by atoms with Crippen LogP contribution in [0.4, 0.5) is 13.6 Å². The molecule has 2 N–H and O–H groups in total.